The van der Waals surface area contributed by atoms with E-state index in [1.54, 1.807) is 6.26 Å². The van der Waals surface area contributed by atoms with Crippen LogP contribution >= 0.6 is 15.9 Å². The van der Waals surface area contributed by atoms with E-state index in [2.05, 4.69) is 41.7 Å². The fourth-order valence-corrected chi connectivity index (χ4v) is 2.11. The number of halogens is 1. The van der Waals surface area contributed by atoms with Crippen molar-refractivity contribution in [3.8, 4) is 0 Å². The van der Waals surface area contributed by atoms with E-state index in [9.17, 15) is 0 Å². The van der Waals surface area contributed by atoms with Crippen molar-refractivity contribution in [2.24, 2.45) is 11.7 Å². The highest BCUT2D eigenvalue weighted by Gasteiger charge is 2.20. The van der Waals surface area contributed by atoms with Gasteiger partial charge in [0.1, 0.15) is 5.76 Å². The van der Waals surface area contributed by atoms with Gasteiger partial charge in [0.2, 0.25) is 0 Å². The minimum Gasteiger partial charge on any atom is -0.466 e. The Morgan fingerprint density at radius 2 is 2.19 bits per heavy atom. The molecule has 0 aliphatic heterocycles. The van der Waals surface area contributed by atoms with Crippen molar-refractivity contribution in [1.29, 1.82) is 0 Å². The van der Waals surface area contributed by atoms with Crippen molar-refractivity contribution >= 4 is 15.9 Å². The highest BCUT2D eigenvalue weighted by Crippen LogP contribution is 2.27. The van der Waals surface area contributed by atoms with Crippen LogP contribution in [0.5, 0.6) is 0 Å². The Labute approximate surface area is 106 Å². The summed E-state index contributed by atoms with van der Waals surface area (Å²) in [5.74, 6) is 1.63. The first kappa shape index (κ1) is 13.7. The zero-order chi connectivity index (χ0) is 12.1. The largest absolute Gasteiger partial charge is 0.466 e. The number of furan rings is 1. The van der Waals surface area contributed by atoms with E-state index in [-0.39, 0.29) is 6.04 Å². The molecule has 1 heterocycles. The lowest BCUT2D eigenvalue weighted by Crippen LogP contribution is -2.31. The average Bonchev–Trinajstić information content (AvgIpc) is 2.63. The molecule has 16 heavy (non-hydrogen) atoms. The summed E-state index contributed by atoms with van der Waals surface area (Å²) in [6.07, 6.45) is 2.86. The Bertz CT molecular complexity index is 312. The molecule has 1 unspecified atom stereocenters. The maximum absolute atomic E-state index is 5.82. The molecule has 0 spiro atoms. The fraction of sp³-hybridized carbons (Fsp3) is 0.667. The summed E-state index contributed by atoms with van der Waals surface area (Å²) in [5, 5.41) is 0. The summed E-state index contributed by atoms with van der Waals surface area (Å²) in [5.41, 5.74) is 5.82. The van der Waals surface area contributed by atoms with Crippen LogP contribution in [0.3, 0.4) is 0 Å². The predicted octanol–water partition coefficient (Wildman–Crippen LogP) is 3.02. The molecule has 2 N–H and O–H groups in total. The van der Waals surface area contributed by atoms with E-state index in [4.69, 9.17) is 10.2 Å². The number of hydrogen-bond acceptors (Lipinski definition) is 3. The molecule has 0 bridgehead atoms. The van der Waals surface area contributed by atoms with Gasteiger partial charge in [-0.2, -0.15) is 0 Å². The standard InChI is InChI=1S/C12H21BrN2O/c1-9(2)4-6-15(3)11(8-14)12-10(13)5-7-16-12/h5,7,9,11H,4,6,8,14H2,1-3H3. The zero-order valence-electron chi connectivity index (χ0n) is 10.2. The van der Waals surface area contributed by atoms with Crippen molar-refractivity contribution in [3.05, 3.63) is 22.6 Å². The van der Waals surface area contributed by atoms with E-state index in [0.717, 1.165) is 16.8 Å². The lowest BCUT2D eigenvalue weighted by Gasteiger charge is -2.26. The van der Waals surface area contributed by atoms with Crippen LogP contribution in [0.2, 0.25) is 0 Å². The third-order valence-electron chi connectivity index (χ3n) is 2.76. The molecule has 1 rings (SSSR count). The highest BCUT2D eigenvalue weighted by atomic mass is 79.9. The summed E-state index contributed by atoms with van der Waals surface area (Å²) in [4.78, 5) is 2.25. The molecule has 92 valence electrons. The summed E-state index contributed by atoms with van der Waals surface area (Å²) in [7, 11) is 2.09. The monoisotopic (exact) mass is 288 g/mol. The van der Waals surface area contributed by atoms with Gasteiger partial charge in [-0.3, -0.25) is 4.90 Å². The molecule has 1 aromatic heterocycles. The number of hydrogen-bond donors (Lipinski definition) is 1. The van der Waals surface area contributed by atoms with Gasteiger partial charge in [0.05, 0.1) is 16.8 Å². The average molecular weight is 289 g/mol. The first-order chi connectivity index (χ1) is 7.56. The van der Waals surface area contributed by atoms with E-state index in [1.807, 2.05) is 6.07 Å². The maximum atomic E-state index is 5.82. The van der Waals surface area contributed by atoms with Crippen LogP contribution in [0.4, 0.5) is 0 Å². The smallest absolute Gasteiger partial charge is 0.136 e. The van der Waals surface area contributed by atoms with Gasteiger partial charge < -0.3 is 10.2 Å². The topological polar surface area (TPSA) is 42.4 Å². The first-order valence-corrected chi connectivity index (χ1v) is 6.48. The molecule has 4 heteroatoms. The summed E-state index contributed by atoms with van der Waals surface area (Å²) in [6, 6.07) is 2.07. The van der Waals surface area contributed by atoms with Crippen LogP contribution in [-0.2, 0) is 0 Å². The van der Waals surface area contributed by atoms with Gasteiger partial charge in [-0.25, -0.2) is 0 Å². The van der Waals surface area contributed by atoms with Gasteiger partial charge in [-0.15, -0.1) is 0 Å². The van der Waals surface area contributed by atoms with Gasteiger partial charge in [-0.1, -0.05) is 13.8 Å². The van der Waals surface area contributed by atoms with Crippen LogP contribution in [-0.4, -0.2) is 25.0 Å². The molecule has 0 fully saturated rings. The van der Waals surface area contributed by atoms with Crippen LogP contribution in [0.15, 0.2) is 21.2 Å². The van der Waals surface area contributed by atoms with Gasteiger partial charge in [0.15, 0.2) is 0 Å². The highest BCUT2D eigenvalue weighted by molar-refractivity contribution is 9.10. The summed E-state index contributed by atoms with van der Waals surface area (Å²) in [6.45, 7) is 6.07. The summed E-state index contributed by atoms with van der Waals surface area (Å²) >= 11 is 3.48. The second-order valence-electron chi connectivity index (χ2n) is 4.55. The summed E-state index contributed by atoms with van der Waals surface area (Å²) < 4.78 is 6.48. The van der Waals surface area contributed by atoms with E-state index in [0.29, 0.717) is 12.5 Å². The normalized spacial score (nSPS) is 13.7. The Morgan fingerprint density at radius 3 is 2.62 bits per heavy atom. The molecule has 1 aromatic rings. The lowest BCUT2D eigenvalue weighted by molar-refractivity contribution is 0.209. The van der Waals surface area contributed by atoms with Crippen LogP contribution in [0.25, 0.3) is 0 Å². The van der Waals surface area contributed by atoms with Crippen molar-refractivity contribution in [1.82, 2.24) is 4.90 Å². The molecule has 1 atom stereocenters. The van der Waals surface area contributed by atoms with Crippen LogP contribution in [0, 0.1) is 5.92 Å². The number of nitrogens with two attached hydrogens (primary N) is 1. The first-order valence-electron chi connectivity index (χ1n) is 5.69. The Kier molecular flexibility index (Phi) is 5.52. The molecular formula is C12H21BrN2O. The second kappa shape index (κ2) is 6.42. The van der Waals surface area contributed by atoms with Gasteiger partial charge >= 0.3 is 0 Å². The third kappa shape index (κ3) is 3.61. The Hall–Kier alpha value is -0.320. The van der Waals surface area contributed by atoms with Crippen LogP contribution < -0.4 is 5.73 Å². The van der Waals surface area contributed by atoms with E-state index in [1.165, 1.54) is 6.42 Å². The zero-order valence-corrected chi connectivity index (χ0v) is 11.8. The molecule has 0 radical (unpaired) electrons. The van der Waals surface area contributed by atoms with Gasteiger partial charge in [0.25, 0.3) is 0 Å². The minimum absolute atomic E-state index is 0.156. The van der Waals surface area contributed by atoms with Crippen LogP contribution in [0.1, 0.15) is 32.1 Å². The lowest BCUT2D eigenvalue weighted by atomic mass is 10.1. The molecule has 0 aliphatic rings. The third-order valence-corrected chi connectivity index (χ3v) is 3.42. The van der Waals surface area contributed by atoms with Gasteiger partial charge in [-0.05, 0) is 47.9 Å². The number of nitrogens with zero attached hydrogens (tertiary/aromatic N) is 1. The van der Waals surface area contributed by atoms with Crippen molar-refractivity contribution < 1.29 is 4.42 Å². The van der Waals surface area contributed by atoms with Crippen molar-refractivity contribution in [2.75, 3.05) is 20.1 Å². The molecule has 0 amide bonds. The van der Waals surface area contributed by atoms with Crippen molar-refractivity contribution in [3.63, 3.8) is 0 Å². The maximum Gasteiger partial charge on any atom is 0.136 e. The molecule has 3 nitrogen and oxygen atoms in total. The van der Waals surface area contributed by atoms with E-state index >= 15 is 0 Å². The number of rotatable bonds is 6. The second-order valence-corrected chi connectivity index (χ2v) is 5.40. The van der Waals surface area contributed by atoms with Crippen molar-refractivity contribution in [2.45, 2.75) is 26.3 Å². The minimum atomic E-state index is 0.156. The fourth-order valence-electron chi connectivity index (χ4n) is 1.65. The van der Waals surface area contributed by atoms with Gasteiger partial charge in [0, 0.05) is 6.54 Å². The molecule has 0 saturated heterocycles. The Balaban J connectivity index is 2.64. The molecule has 0 aliphatic carbocycles. The Morgan fingerprint density at radius 1 is 1.50 bits per heavy atom. The number of likely N-dealkylation sites (N-methyl/N-ethyl adjacent to an activating group) is 1. The molecular weight excluding hydrogens is 268 g/mol. The van der Waals surface area contributed by atoms with E-state index < -0.39 is 0 Å². The SMILES string of the molecule is CC(C)CCN(C)C(CN)c1occc1Br. The quantitative estimate of drug-likeness (QED) is 0.875. The predicted molar refractivity (Wildman–Crippen MR) is 70.3 cm³/mol. The molecule has 0 saturated carbocycles. The molecule has 0 aromatic carbocycles.